The largest absolute Gasteiger partial charge is 0.508 e. The van der Waals surface area contributed by atoms with E-state index in [1.807, 2.05) is 0 Å². The van der Waals surface area contributed by atoms with Crippen LogP contribution in [0.2, 0.25) is 0 Å². The molecule has 0 amide bonds. The van der Waals surface area contributed by atoms with Crippen LogP contribution in [-0.4, -0.2) is 114 Å². The van der Waals surface area contributed by atoms with E-state index < -0.39 is 111 Å². The molecule has 0 radical (unpaired) electrons. The van der Waals surface area contributed by atoms with Crippen LogP contribution >= 0.6 is 29.4 Å². The number of phosphoric acid groups is 1. The minimum atomic E-state index is -4.81. The van der Waals surface area contributed by atoms with E-state index >= 15 is 4.57 Å². The van der Waals surface area contributed by atoms with E-state index in [4.69, 9.17) is 43.0 Å². The maximum atomic E-state index is 15.2. The molecule has 7 heterocycles. The minimum Gasteiger partial charge on any atom is -0.508 e. The monoisotopic (exact) mass is 936 g/mol. The van der Waals surface area contributed by atoms with Crippen LogP contribution in [-0.2, 0) is 48.4 Å². The van der Waals surface area contributed by atoms with Crippen molar-refractivity contribution in [3.8, 4) is 11.4 Å². The lowest BCUT2D eigenvalue weighted by atomic mass is 10.0. The summed E-state index contributed by atoms with van der Waals surface area (Å²) in [6.07, 6.45) is -5.27. The molecule has 3 N–H and O–H groups in total. The molecule has 63 heavy (non-hydrogen) atoms. The maximum Gasteiger partial charge on any atom is 0.475 e. The Labute approximate surface area is 364 Å². The summed E-state index contributed by atoms with van der Waals surface area (Å²) in [6.45, 7) is 0.775. The Morgan fingerprint density at radius 3 is 2.25 bits per heavy atom. The standard InChI is InChI=1S/C37H42N7O16PS2/c1-18-25(57-33(30(18)52-3)42-9-7-28(46)38-36(42)49)15-55-61(51,60-31-19(2)56-34(32(31)53-4)43-10-8-29(47)39-37(43)50)59-27-17-63-62-16-26(27)54-14-21-13-44(41-40-21)23-11-20-5-6-22(45)12-24(20)58-35(23)48/h5-13,18-19,25-27,30-34,45H,14-17H2,1-4H3,(H,38,46,49)(H,39,47,50)/t18?,19-,25-,26-,27?,30+,31?,32+,33-,34-,61?/m1/s1/i2D. The number of nitrogens with zero attached hydrogens (tertiary/aromatic N) is 5. The molecule has 3 fully saturated rings. The third-order valence-electron chi connectivity index (χ3n) is 10.6. The third kappa shape index (κ3) is 9.59. The van der Waals surface area contributed by atoms with Crippen LogP contribution in [0.15, 0.2) is 83.4 Å². The van der Waals surface area contributed by atoms with Crippen LogP contribution in [0.25, 0.3) is 16.7 Å². The topological polar surface area (TPSA) is 282 Å². The van der Waals surface area contributed by atoms with Gasteiger partial charge in [0.2, 0.25) is 0 Å². The molecule has 0 spiro atoms. The van der Waals surface area contributed by atoms with Crippen LogP contribution in [0.1, 0.15) is 33.3 Å². The number of benzene rings is 1. The van der Waals surface area contributed by atoms with Gasteiger partial charge in [0, 0.05) is 69.0 Å². The first-order chi connectivity index (χ1) is 30.8. The quantitative estimate of drug-likeness (QED) is 0.0767. The maximum absolute atomic E-state index is 15.2. The van der Waals surface area contributed by atoms with Gasteiger partial charge in [-0.05, 0) is 25.1 Å². The van der Waals surface area contributed by atoms with Gasteiger partial charge in [-0.25, -0.2) is 23.6 Å². The number of phenols is 1. The lowest BCUT2D eigenvalue weighted by Gasteiger charge is -2.34. The molecule has 3 aliphatic heterocycles. The highest BCUT2D eigenvalue weighted by Crippen LogP contribution is 2.56. The normalized spacial score (nSPS) is 28.6. The summed E-state index contributed by atoms with van der Waals surface area (Å²) in [5.41, 5.74) is -2.96. The number of phosphoric ester groups is 1. The number of hydrogen-bond donors (Lipinski definition) is 3. The van der Waals surface area contributed by atoms with Crippen molar-refractivity contribution in [1.29, 1.82) is 0 Å². The second-order valence-corrected chi connectivity index (χ2v) is 18.7. The number of methoxy groups -OCH3 is 2. The van der Waals surface area contributed by atoms with Crippen LogP contribution in [0.3, 0.4) is 0 Å². The average Bonchev–Trinajstić information content (AvgIpc) is 3.97. The molecule has 3 aliphatic rings. The van der Waals surface area contributed by atoms with Gasteiger partial charge in [-0.15, -0.1) is 5.10 Å². The smallest absolute Gasteiger partial charge is 0.475 e. The molecule has 0 saturated carbocycles. The van der Waals surface area contributed by atoms with Gasteiger partial charge in [-0.3, -0.25) is 42.3 Å². The van der Waals surface area contributed by atoms with Crippen LogP contribution < -0.4 is 28.1 Å². The van der Waals surface area contributed by atoms with E-state index in [9.17, 15) is 29.1 Å². The van der Waals surface area contributed by atoms with Gasteiger partial charge >= 0.3 is 24.8 Å². The molecular weight excluding hydrogens is 894 g/mol. The van der Waals surface area contributed by atoms with Gasteiger partial charge < -0.3 is 33.2 Å². The van der Waals surface area contributed by atoms with Gasteiger partial charge in [0.25, 0.3) is 11.1 Å². The lowest BCUT2D eigenvalue weighted by Crippen LogP contribution is -2.40. The molecule has 11 atom stereocenters. The molecule has 1 aromatic carbocycles. The van der Waals surface area contributed by atoms with E-state index in [2.05, 4.69) is 20.3 Å². The Morgan fingerprint density at radius 1 is 0.905 bits per heavy atom. The van der Waals surface area contributed by atoms with Crippen molar-refractivity contribution < 1.29 is 52.7 Å². The SMILES string of the molecule is [2H]C[C@H]1O[C@@H](n2ccc(=O)[nH]c2=O)[C@@H](OC)C1OP(=O)(OC[C@H]1O[C@@H](n2ccc(=O)[nH]c2=O)[C@@H](OC)C1C)OC1CSSC[C@H]1OCc1cn(-c2cc3ccc(O)cc3oc2=O)nn1. The molecule has 8 rings (SSSR count). The summed E-state index contributed by atoms with van der Waals surface area (Å²) >= 11 is 0. The Hall–Kier alpha value is -4.66. The number of rotatable bonds is 15. The summed E-state index contributed by atoms with van der Waals surface area (Å²) in [7, 11) is 0.812. The highest BCUT2D eigenvalue weighted by atomic mass is 33.1. The van der Waals surface area contributed by atoms with Gasteiger partial charge in [-0.1, -0.05) is 33.7 Å². The summed E-state index contributed by atoms with van der Waals surface area (Å²) in [5.74, 6) is 0.0318. The molecule has 23 nitrogen and oxygen atoms in total. The Kier molecular flexibility index (Phi) is 13.0. The molecular formula is C37H42N7O16PS2. The van der Waals surface area contributed by atoms with Crippen LogP contribution in [0.4, 0.5) is 0 Å². The zero-order valence-corrected chi connectivity index (χ0v) is 36.1. The summed E-state index contributed by atoms with van der Waals surface area (Å²) in [5, 5.41) is 18.5. The molecule has 26 heteroatoms. The first kappa shape index (κ1) is 43.6. The Balaban J connectivity index is 1.04. The van der Waals surface area contributed by atoms with Crippen molar-refractivity contribution in [2.24, 2.45) is 5.92 Å². The fourth-order valence-corrected chi connectivity index (χ4v) is 11.5. The number of ether oxygens (including phenoxy) is 5. The Bertz CT molecular complexity index is 2820. The predicted octanol–water partition coefficient (Wildman–Crippen LogP) is 1.84. The number of aromatic amines is 2. The molecule has 5 aromatic rings. The van der Waals surface area contributed by atoms with Crippen LogP contribution in [0, 0.1) is 5.92 Å². The van der Waals surface area contributed by atoms with Gasteiger partial charge in [0.05, 0.1) is 37.7 Å². The molecule has 3 saturated heterocycles. The first-order valence-corrected chi connectivity index (χ1v) is 23.2. The van der Waals surface area contributed by atoms with Gasteiger partial charge in [0.1, 0.15) is 41.4 Å². The summed E-state index contributed by atoms with van der Waals surface area (Å²) in [6, 6.07) is 8.17. The number of hydrogen-bond acceptors (Lipinski definition) is 20. The second kappa shape index (κ2) is 18.8. The number of aromatic nitrogens is 7. The van der Waals surface area contributed by atoms with E-state index in [0.717, 1.165) is 21.3 Å². The molecule has 0 aliphatic carbocycles. The lowest BCUT2D eigenvalue weighted by molar-refractivity contribution is -0.0747. The number of fused-ring (bicyclic) bond motifs is 1. The average molecular weight is 937 g/mol. The fourth-order valence-electron chi connectivity index (χ4n) is 7.35. The predicted molar refractivity (Wildman–Crippen MR) is 223 cm³/mol. The van der Waals surface area contributed by atoms with Gasteiger partial charge in [0.15, 0.2) is 18.1 Å². The molecule has 4 unspecified atom stereocenters. The van der Waals surface area contributed by atoms with Gasteiger partial charge in [-0.2, -0.15) is 0 Å². The molecule has 338 valence electrons. The second-order valence-electron chi connectivity index (χ2n) is 14.6. The number of H-pyrrole nitrogens is 2. The summed E-state index contributed by atoms with van der Waals surface area (Å²) in [4.78, 5) is 66.4. The first-order valence-electron chi connectivity index (χ1n) is 19.9. The van der Waals surface area contributed by atoms with E-state index in [0.29, 0.717) is 16.8 Å². The van der Waals surface area contributed by atoms with Crippen molar-refractivity contribution in [2.75, 3.05) is 32.3 Å². The van der Waals surface area contributed by atoms with Crippen molar-refractivity contribution >= 4 is 40.4 Å². The zero-order chi connectivity index (χ0) is 45.3. The molecule has 0 bridgehead atoms. The number of nitrogens with one attached hydrogen (secondary N) is 2. The van der Waals surface area contributed by atoms with E-state index in [1.165, 1.54) is 71.2 Å². The van der Waals surface area contributed by atoms with Crippen molar-refractivity contribution in [3.05, 3.63) is 113 Å². The highest BCUT2D eigenvalue weighted by Gasteiger charge is 2.51. The number of phenolic OH excluding ortho intramolecular Hbond substituents is 1. The zero-order valence-electron chi connectivity index (χ0n) is 34.6. The number of aromatic hydroxyl groups is 1. The fraction of sp³-hybridized carbons (Fsp3) is 0.486. The van der Waals surface area contributed by atoms with E-state index in [-0.39, 0.29) is 29.4 Å². The molecule has 4 aromatic heterocycles. The van der Waals surface area contributed by atoms with Crippen molar-refractivity contribution in [1.82, 2.24) is 34.1 Å². The van der Waals surface area contributed by atoms with Crippen LogP contribution in [0.5, 0.6) is 5.75 Å². The highest BCUT2D eigenvalue weighted by molar-refractivity contribution is 8.76. The minimum absolute atomic E-state index is 0.0632. The van der Waals surface area contributed by atoms with Crippen molar-refractivity contribution in [3.63, 3.8) is 0 Å². The van der Waals surface area contributed by atoms with Crippen molar-refractivity contribution in [2.45, 2.75) is 75.6 Å². The Morgan fingerprint density at radius 2 is 1.59 bits per heavy atom. The van der Waals surface area contributed by atoms with E-state index in [1.54, 1.807) is 19.1 Å². The third-order valence-corrected chi connectivity index (χ3v) is 14.5. The summed E-state index contributed by atoms with van der Waals surface area (Å²) < 4.78 is 80.9.